The van der Waals surface area contributed by atoms with Crippen LogP contribution in [0, 0.1) is 0 Å². The van der Waals surface area contributed by atoms with Crippen molar-refractivity contribution in [3.05, 3.63) is 89.2 Å². The van der Waals surface area contributed by atoms with Crippen molar-refractivity contribution in [3.8, 4) is 16.9 Å². The first-order valence-corrected chi connectivity index (χ1v) is 14.7. The summed E-state index contributed by atoms with van der Waals surface area (Å²) in [4.78, 5) is 24.0. The number of nitrogens with one attached hydrogen (secondary N) is 1. The van der Waals surface area contributed by atoms with Gasteiger partial charge < -0.3 is 24.2 Å². The number of rotatable bonds is 12. The maximum absolute atomic E-state index is 14.1. The van der Waals surface area contributed by atoms with E-state index < -0.39 is 40.7 Å². The Morgan fingerprint density at radius 2 is 1.90 bits per heavy atom. The summed E-state index contributed by atoms with van der Waals surface area (Å²) in [5.74, 6) is -0.681. The molecule has 0 aliphatic heterocycles. The zero-order chi connectivity index (χ0) is 30.4. The lowest BCUT2D eigenvalue weighted by Gasteiger charge is -2.27. The number of halogens is 1. The van der Waals surface area contributed by atoms with Crippen molar-refractivity contribution in [3.63, 3.8) is 0 Å². The summed E-state index contributed by atoms with van der Waals surface area (Å²) in [5, 5.41) is 0.836. The molecule has 1 unspecified atom stereocenters. The quantitative estimate of drug-likeness (QED) is 0.153. The molecule has 0 spiro atoms. The van der Waals surface area contributed by atoms with Crippen molar-refractivity contribution in [1.29, 1.82) is 0 Å². The van der Waals surface area contributed by atoms with Gasteiger partial charge in [0, 0.05) is 33.4 Å². The SMILES string of the molecule is CCOC(=O)Cc1ccc(C(N)=O)cc1OCc1cc(-c2cccc([C@H](CF)N[S+]([O-])C(C)(C)C)c2)c2occc2c1. The number of fused-ring (bicyclic) bond motifs is 1. The molecule has 4 aromatic rings. The fourth-order valence-electron chi connectivity index (χ4n) is 4.38. The minimum Gasteiger partial charge on any atom is -0.598 e. The molecule has 1 amide bonds. The van der Waals surface area contributed by atoms with Gasteiger partial charge in [0.1, 0.15) is 35.4 Å². The molecule has 0 aliphatic carbocycles. The Morgan fingerprint density at radius 1 is 1.12 bits per heavy atom. The van der Waals surface area contributed by atoms with Gasteiger partial charge in [-0.05, 0) is 80.8 Å². The van der Waals surface area contributed by atoms with Crippen LogP contribution in [0.4, 0.5) is 4.39 Å². The molecule has 8 nitrogen and oxygen atoms in total. The Kier molecular flexibility index (Phi) is 9.93. The third kappa shape index (κ3) is 7.50. The van der Waals surface area contributed by atoms with E-state index in [1.807, 2.05) is 57.2 Å². The van der Waals surface area contributed by atoms with Crippen LogP contribution in [0.1, 0.15) is 60.8 Å². The third-order valence-electron chi connectivity index (χ3n) is 6.56. The number of primary amides is 1. The Hall–Kier alpha value is -3.86. The van der Waals surface area contributed by atoms with Crippen LogP contribution in [0.25, 0.3) is 22.1 Å². The largest absolute Gasteiger partial charge is 0.598 e. The van der Waals surface area contributed by atoms with E-state index in [2.05, 4.69) is 4.72 Å². The molecule has 1 heterocycles. The number of nitrogens with two attached hydrogens (primary N) is 1. The van der Waals surface area contributed by atoms with Crippen molar-refractivity contribution in [2.24, 2.45) is 5.73 Å². The van der Waals surface area contributed by atoms with Gasteiger partial charge in [-0.3, -0.25) is 9.59 Å². The molecule has 0 aliphatic rings. The molecule has 0 saturated carbocycles. The van der Waals surface area contributed by atoms with Crippen molar-refractivity contribution in [2.75, 3.05) is 13.3 Å². The first-order valence-electron chi connectivity index (χ1n) is 13.6. The number of carbonyl (C=O) groups excluding carboxylic acids is 2. The van der Waals surface area contributed by atoms with Crippen LogP contribution in [0.2, 0.25) is 0 Å². The summed E-state index contributed by atoms with van der Waals surface area (Å²) in [6.45, 7) is 6.84. The highest BCUT2D eigenvalue weighted by atomic mass is 32.2. The predicted octanol–water partition coefficient (Wildman–Crippen LogP) is 5.95. The predicted molar refractivity (Wildman–Crippen MR) is 161 cm³/mol. The van der Waals surface area contributed by atoms with Gasteiger partial charge in [0.2, 0.25) is 5.91 Å². The lowest BCUT2D eigenvalue weighted by molar-refractivity contribution is -0.142. The molecule has 0 saturated heterocycles. The van der Waals surface area contributed by atoms with Gasteiger partial charge in [0.25, 0.3) is 0 Å². The zero-order valence-electron chi connectivity index (χ0n) is 24.1. The van der Waals surface area contributed by atoms with Crippen LogP contribution in [0.15, 0.2) is 71.3 Å². The van der Waals surface area contributed by atoms with E-state index in [9.17, 15) is 18.5 Å². The van der Waals surface area contributed by atoms with E-state index in [0.29, 0.717) is 22.5 Å². The lowest BCUT2D eigenvalue weighted by Crippen LogP contribution is -2.41. The van der Waals surface area contributed by atoms with Gasteiger partial charge in [0.05, 0.1) is 19.3 Å². The minimum absolute atomic E-state index is 0.0230. The van der Waals surface area contributed by atoms with Gasteiger partial charge in [0.15, 0.2) is 0 Å². The van der Waals surface area contributed by atoms with E-state index in [4.69, 9.17) is 19.6 Å². The molecule has 42 heavy (non-hydrogen) atoms. The van der Waals surface area contributed by atoms with Crippen LogP contribution < -0.4 is 15.2 Å². The van der Waals surface area contributed by atoms with E-state index in [-0.39, 0.29) is 25.2 Å². The summed E-state index contributed by atoms with van der Waals surface area (Å²) < 4.78 is 46.1. The number of hydrogen-bond acceptors (Lipinski definition) is 7. The number of carbonyl (C=O) groups is 2. The highest BCUT2D eigenvalue weighted by Gasteiger charge is 2.30. The maximum atomic E-state index is 14.1. The summed E-state index contributed by atoms with van der Waals surface area (Å²) >= 11 is -1.45. The third-order valence-corrected chi connectivity index (χ3v) is 8.17. The number of amides is 1. The zero-order valence-corrected chi connectivity index (χ0v) is 24.9. The second kappa shape index (κ2) is 13.4. The number of furan rings is 1. The fraction of sp³-hybridized carbons (Fsp3) is 0.312. The fourth-order valence-corrected chi connectivity index (χ4v) is 5.19. The molecule has 2 atom stereocenters. The summed E-state index contributed by atoms with van der Waals surface area (Å²) in [6.07, 6.45) is 1.57. The second-order valence-corrected chi connectivity index (χ2v) is 12.8. The highest BCUT2D eigenvalue weighted by molar-refractivity contribution is 7.90. The molecule has 4 rings (SSSR count). The second-order valence-electron chi connectivity index (χ2n) is 10.8. The highest BCUT2D eigenvalue weighted by Crippen LogP contribution is 2.34. The molecule has 1 aromatic heterocycles. The average molecular weight is 595 g/mol. The normalized spacial score (nSPS) is 13.1. The molecule has 0 bridgehead atoms. The molecule has 10 heteroatoms. The number of esters is 1. The Balaban J connectivity index is 1.65. The summed E-state index contributed by atoms with van der Waals surface area (Å²) in [7, 11) is 0. The molecule has 222 valence electrons. The topological polar surface area (TPSA) is 127 Å². The molecule has 3 N–H and O–H groups in total. The number of hydrogen-bond donors (Lipinski definition) is 2. The van der Waals surface area contributed by atoms with Crippen LogP contribution in [0.3, 0.4) is 0 Å². The van der Waals surface area contributed by atoms with Crippen molar-refractivity contribution in [2.45, 2.75) is 51.5 Å². The van der Waals surface area contributed by atoms with Crippen LogP contribution >= 0.6 is 0 Å². The maximum Gasteiger partial charge on any atom is 0.310 e. The number of benzene rings is 3. The smallest absolute Gasteiger partial charge is 0.310 e. The monoisotopic (exact) mass is 594 g/mol. The Labute approximate surface area is 247 Å². The van der Waals surface area contributed by atoms with Gasteiger partial charge in [-0.1, -0.05) is 24.3 Å². The minimum atomic E-state index is -1.45. The van der Waals surface area contributed by atoms with Crippen LogP contribution in [0.5, 0.6) is 5.75 Å². The first-order chi connectivity index (χ1) is 20.0. The lowest BCUT2D eigenvalue weighted by atomic mass is 9.97. The van der Waals surface area contributed by atoms with Gasteiger partial charge in [-0.15, -0.1) is 4.72 Å². The molecule has 0 fully saturated rings. The Bertz CT molecular complexity index is 1560. The number of ether oxygens (including phenoxy) is 2. The van der Waals surface area contributed by atoms with Gasteiger partial charge in [-0.2, -0.15) is 0 Å². The van der Waals surface area contributed by atoms with E-state index in [1.165, 1.54) is 6.07 Å². The molecular formula is C32H35FN2O6S. The average Bonchev–Trinajstić information content (AvgIpc) is 3.43. The van der Waals surface area contributed by atoms with Crippen LogP contribution in [-0.2, 0) is 33.9 Å². The van der Waals surface area contributed by atoms with Crippen molar-refractivity contribution in [1.82, 2.24) is 4.72 Å². The first kappa shape index (κ1) is 31.1. The Morgan fingerprint density at radius 3 is 2.60 bits per heavy atom. The van der Waals surface area contributed by atoms with Crippen molar-refractivity contribution < 1.29 is 32.4 Å². The van der Waals surface area contributed by atoms with Crippen molar-refractivity contribution >= 4 is 34.2 Å². The molecular weight excluding hydrogens is 559 g/mol. The van der Waals surface area contributed by atoms with Gasteiger partial charge >= 0.3 is 5.97 Å². The standard InChI is InChI=1S/C32H35FN2O6S/c1-5-39-29(36)17-23-9-10-25(31(34)37)16-28(23)41-19-20-13-24-11-12-40-30(24)26(14-20)21-7-6-8-22(15-21)27(18-33)35-42(38)32(2,3)4/h6-16,27,35H,5,17-19H2,1-4H3,(H2,34,37)/t27-,42?/m0/s1. The summed E-state index contributed by atoms with van der Waals surface area (Å²) in [6, 6.07) is 17.0. The molecule has 0 radical (unpaired) electrons. The van der Waals surface area contributed by atoms with E-state index in [1.54, 1.807) is 31.4 Å². The van der Waals surface area contributed by atoms with Crippen LogP contribution in [-0.4, -0.2) is 34.5 Å². The van der Waals surface area contributed by atoms with E-state index >= 15 is 0 Å². The summed E-state index contributed by atoms with van der Waals surface area (Å²) in [5.41, 5.74) is 9.95. The van der Waals surface area contributed by atoms with Gasteiger partial charge in [-0.25, -0.2) is 4.39 Å². The molecule has 3 aromatic carbocycles. The van der Waals surface area contributed by atoms with E-state index in [0.717, 1.165) is 22.1 Å². The number of alkyl halides is 1.